The molecule has 10 heteroatoms. The monoisotopic (exact) mass is 304 g/mol. The Labute approximate surface area is 108 Å². The van der Waals surface area contributed by atoms with E-state index in [0.29, 0.717) is 19.3 Å². The molecule has 0 aliphatic rings. The first kappa shape index (κ1) is 17.7. The quantitative estimate of drug-likeness (QED) is 0.595. The van der Waals surface area contributed by atoms with Crippen LogP contribution in [0, 0.1) is 5.41 Å². The molecule has 0 heterocycles. The van der Waals surface area contributed by atoms with Crippen LogP contribution in [0.5, 0.6) is 0 Å². The Kier molecular flexibility index (Phi) is 6.68. The van der Waals surface area contributed by atoms with Gasteiger partial charge in [0.15, 0.2) is 0 Å². The molecule has 0 saturated heterocycles. The molecule has 0 bridgehead atoms. The maximum atomic E-state index is 10.8. The largest absolute Gasteiger partial charge is 0.333 e. The van der Waals surface area contributed by atoms with Crippen LogP contribution >= 0.6 is 0 Å². The molecule has 0 unspecified atom stereocenters. The molecule has 18 heavy (non-hydrogen) atoms. The van der Waals surface area contributed by atoms with E-state index in [1.54, 1.807) is 6.92 Å². The summed E-state index contributed by atoms with van der Waals surface area (Å²) in [4.78, 5) is 0. The number of hydrogen-bond donors (Lipinski definition) is 2. The summed E-state index contributed by atoms with van der Waals surface area (Å²) in [7, 11) is -8.15. The van der Waals surface area contributed by atoms with Gasteiger partial charge in [-0.2, -0.15) is 16.8 Å². The van der Waals surface area contributed by atoms with Gasteiger partial charge < -0.3 is 0 Å². The second-order valence-electron chi connectivity index (χ2n) is 4.11. The lowest BCUT2D eigenvalue weighted by Crippen LogP contribution is -2.36. The molecule has 0 fully saturated rings. The van der Waals surface area contributed by atoms with Gasteiger partial charge in [0.2, 0.25) is 0 Å². The molecule has 0 rings (SSSR count). The van der Waals surface area contributed by atoms with Crippen molar-refractivity contribution in [2.75, 3.05) is 13.2 Å². The minimum absolute atomic E-state index is 0.244. The van der Waals surface area contributed by atoms with E-state index in [4.69, 9.17) is 10.3 Å². The molecule has 0 aromatic carbocycles. The second kappa shape index (κ2) is 6.78. The maximum absolute atomic E-state index is 10.8. The molecule has 0 radical (unpaired) electrons. The number of rotatable bonds is 9. The van der Waals surface area contributed by atoms with Crippen molar-refractivity contribution in [2.45, 2.75) is 33.1 Å². The van der Waals surface area contributed by atoms with E-state index in [1.165, 1.54) is 0 Å². The van der Waals surface area contributed by atoms with Crippen molar-refractivity contribution in [1.82, 2.24) is 0 Å². The van der Waals surface area contributed by atoms with Gasteiger partial charge in [-0.3, -0.25) is 8.37 Å². The molecular weight excluding hydrogens is 284 g/mol. The van der Waals surface area contributed by atoms with E-state index >= 15 is 0 Å². The Morgan fingerprint density at radius 2 is 1.33 bits per heavy atom. The van der Waals surface area contributed by atoms with Gasteiger partial charge in [0.1, 0.15) is 0 Å². The first-order chi connectivity index (χ1) is 8.04. The van der Waals surface area contributed by atoms with Gasteiger partial charge in [-0.05, 0) is 12.8 Å². The van der Waals surface area contributed by atoms with Crippen LogP contribution in [0.2, 0.25) is 0 Å². The van der Waals surface area contributed by atoms with E-state index in [2.05, 4.69) is 8.37 Å². The van der Waals surface area contributed by atoms with Gasteiger partial charge in [-0.25, -0.2) is 10.3 Å². The highest BCUT2D eigenvalue weighted by atomic mass is 32.2. The van der Waals surface area contributed by atoms with Crippen LogP contribution in [0.15, 0.2) is 0 Å². The molecule has 0 aliphatic carbocycles. The van der Waals surface area contributed by atoms with Gasteiger partial charge in [-0.1, -0.05) is 20.3 Å². The SMILES string of the molecule is CCCC(CC)(COS(N)(=O)=O)COS(N)(=O)=O. The van der Waals surface area contributed by atoms with Crippen molar-refractivity contribution in [2.24, 2.45) is 15.7 Å². The van der Waals surface area contributed by atoms with E-state index < -0.39 is 26.0 Å². The highest BCUT2D eigenvalue weighted by Crippen LogP contribution is 2.29. The summed E-state index contributed by atoms with van der Waals surface area (Å²) in [5.41, 5.74) is -0.756. The van der Waals surface area contributed by atoms with E-state index in [-0.39, 0.29) is 13.2 Å². The first-order valence-electron chi connectivity index (χ1n) is 5.38. The zero-order valence-corrected chi connectivity index (χ0v) is 12.1. The Balaban J connectivity index is 4.80. The third kappa shape index (κ3) is 7.95. The maximum Gasteiger partial charge on any atom is 0.333 e. The van der Waals surface area contributed by atoms with E-state index in [1.807, 2.05) is 6.92 Å². The Bertz CT molecular complexity index is 408. The molecule has 0 amide bonds. The summed E-state index contributed by atoms with van der Waals surface area (Å²) in [5, 5.41) is 9.48. The smallest absolute Gasteiger partial charge is 0.258 e. The Morgan fingerprint density at radius 1 is 0.944 bits per heavy atom. The van der Waals surface area contributed by atoms with Crippen LogP contribution in [0.4, 0.5) is 0 Å². The van der Waals surface area contributed by atoms with E-state index in [0.717, 1.165) is 0 Å². The number of nitrogens with two attached hydrogens (primary N) is 2. The molecule has 0 spiro atoms. The van der Waals surface area contributed by atoms with Gasteiger partial charge in [0.05, 0.1) is 13.2 Å². The summed E-state index contributed by atoms with van der Waals surface area (Å²) >= 11 is 0. The van der Waals surface area contributed by atoms with Crippen molar-refractivity contribution in [3.8, 4) is 0 Å². The lowest BCUT2D eigenvalue weighted by Gasteiger charge is -2.30. The fourth-order valence-corrected chi connectivity index (χ4v) is 2.34. The van der Waals surface area contributed by atoms with Gasteiger partial charge >= 0.3 is 20.6 Å². The fourth-order valence-electron chi connectivity index (χ4n) is 1.51. The molecule has 0 aromatic heterocycles. The van der Waals surface area contributed by atoms with Crippen molar-refractivity contribution < 1.29 is 25.2 Å². The van der Waals surface area contributed by atoms with E-state index in [9.17, 15) is 16.8 Å². The third-order valence-electron chi connectivity index (χ3n) is 2.59. The predicted molar refractivity (Wildman–Crippen MR) is 65.8 cm³/mol. The summed E-state index contributed by atoms with van der Waals surface area (Å²) in [5.74, 6) is 0. The standard InChI is InChI=1S/C8H20N2O6S2/c1-3-5-8(4-2,6-15-17(9,11)12)7-16-18(10,13)14/h3-7H2,1-2H3,(H2,9,11,12)(H2,10,13,14). The van der Waals surface area contributed by atoms with Crippen molar-refractivity contribution in [1.29, 1.82) is 0 Å². The Hall–Kier alpha value is -0.260. The fraction of sp³-hybridized carbons (Fsp3) is 1.00. The summed E-state index contributed by atoms with van der Waals surface area (Å²) in [6.45, 7) is 3.16. The molecule has 0 atom stereocenters. The molecule has 0 aliphatic heterocycles. The van der Waals surface area contributed by atoms with Crippen molar-refractivity contribution >= 4 is 20.6 Å². The van der Waals surface area contributed by atoms with Crippen LogP contribution < -0.4 is 10.3 Å². The highest BCUT2D eigenvalue weighted by molar-refractivity contribution is 7.84. The summed E-state index contributed by atoms with van der Waals surface area (Å²) in [6.07, 6.45) is 1.69. The zero-order chi connectivity index (χ0) is 14.4. The third-order valence-corrected chi connectivity index (χ3v) is 3.48. The molecule has 4 N–H and O–H groups in total. The van der Waals surface area contributed by atoms with Crippen LogP contribution in [-0.2, 0) is 29.0 Å². The zero-order valence-electron chi connectivity index (χ0n) is 10.5. The molecular formula is C8H20N2O6S2. The van der Waals surface area contributed by atoms with Crippen molar-refractivity contribution in [3.63, 3.8) is 0 Å². The second-order valence-corrected chi connectivity index (χ2v) is 6.56. The summed E-state index contributed by atoms with van der Waals surface area (Å²) < 4.78 is 52.2. The average molecular weight is 304 g/mol. The first-order valence-corrected chi connectivity index (χ1v) is 8.32. The lowest BCUT2D eigenvalue weighted by molar-refractivity contribution is 0.0714. The molecule has 8 nitrogen and oxygen atoms in total. The van der Waals surface area contributed by atoms with Crippen LogP contribution in [0.1, 0.15) is 33.1 Å². The molecule has 0 saturated carbocycles. The normalized spacial score (nSPS) is 13.8. The highest BCUT2D eigenvalue weighted by Gasteiger charge is 2.31. The topological polar surface area (TPSA) is 139 Å². The van der Waals surface area contributed by atoms with Crippen LogP contribution in [0.3, 0.4) is 0 Å². The number of hydrogen-bond acceptors (Lipinski definition) is 6. The lowest BCUT2D eigenvalue weighted by atomic mass is 9.82. The summed E-state index contributed by atoms with van der Waals surface area (Å²) in [6, 6.07) is 0. The van der Waals surface area contributed by atoms with Crippen LogP contribution in [0.25, 0.3) is 0 Å². The van der Waals surface area contributed by atoms with Gasteiger partial charge in [0.25, 0.3) is 0 Å². The predicted octanol–water partition coefficient (Wildman–Crippen LogP) is -0.377. The van der Waals surface area contributed by atoms with Gasteiger partial charge in [-0.15, -0.1) is 0 Å². The van der Waals surface area contributed by atoms with Crippen molar-refractivity contribution in [3.05, 3.63) is 0 Å². The van der Waals surface area contributed by atoms with Crippen LogP contribution in [-0.4, -0.2) is 30.0 Å². The minimum Gasteiger partial charge on any atom is -0.258 e. The minimum atomic E-state index is -4.08. The Morgan fingerprint density at radius 3 is 1.56 bits per heavy atom. The molecule has 110 valence electrons. The average Bonchev–Trinajstić information content (AvgIpc) is 2.20. The molecule has 0 aromatic rings. The van der Waals surface area contributed by atoms with Gasteiger partial charge in [0, 0.05) is 5.41 Å².